The Kier molecular flexibility index (Phi) is 6.78. The molecule has 2 aromatic carbocycles. The molecule has 0 bridgehead atoms. The number of benzene rings is 2. The zero-order chi connectivity index (χ0) is 19.4. The summed E-state index contributed by atoms with van der Waals surface area (Å²) >= 11 is 7.62. The normalized spacial score (nSPS) is 11.9. The molecule has 0 heterocycles. The molecule has 2 nitrogen and oxygen atoms in total. The summed E-state index contributed by atoms with van der Waals surface area (Å²) in [5.74, 6) is -3.53. The number of rotatable bonds is 7. The lowest BCUT2D eigenvalue weighted by atomic mass is 10.1. The first kappa shape index (κ1) is 20.4. The van der Waals surface area contributed by atoms with E-state index in [2.05, 4.69) is 11.9 Å². The van der Waals surface area contributed by atoms with E-state index in [1.54, 1.807) is 18.2 Å². The molecule has 0 aliphatic rings. The highest BCUT2D eigenvalue weighted by atomic mass is 35.5. The van der Waals surface area contributed by atoms with Gasteiger partial charge in [0, 0.05) is 40.1 Å². The first-order valence-electron chi connectivity index (χ1n) is 7.72. The number of halogens is 4. The molecule has 0 aliphatic heterocycles. The molecule has 1 atom stereocenters. The zero-order valence-electron chi connectivity index (χ0n) is 14.2. The van der Waals surface area contributed by atoms with E-state index in [9.17, 15) is 18.0 Å². The minimum Gasteiger partial charge on any atom is -0.355 e. The van der Waals surface area contributed by atoms with E-state index in [1.807, 2.05) is 6.92 Å². The van der Waals surface area contributed by atoms with Gasteiger partial charge in [0.05, 0.1) is 5.02 Å². The Balaban J connectivity index is 2.16. The number of carbonyl (C=O) groups excluding carboxylic acids is 1. The van der Waals surface area contributed by atoms with Gasteiger partial charge in [-0.05, 0) is 24.6 Å². The molecule has 1 unspecified atom stereocenters. The van der Waals surface area contributed by atoms with Crippen molar-refractivity contribution in [2.75, 3.05) is 11.1 Å². The lowest BCUT2D eigenvalue weighted by Gasteiger charge is -2.13. The Labute approximate surface area is 159 Å². The van der Waals surface area contributed by atoms with Crippen molar-refractivity contribution < 1.29 is 18.0 Å². The molecule has 26 heavy (non-hydrogen) atoms. The molecule has 0 saturated carbocycles. The van der Waals surface area contributed by atoms with Crippen LogP contribution in [0.1, 0.15) is 19.4 Å². The summed E-state index contributed by atoms with van der Waals surface area (Å²) in [6, 6.07) is 6.85. The summed E-state index contributed by atoms with van der Waals surface area (Å²) in [7, 11) is 0. The topological polar surface area (TPSA) is 29.1 Å². The van der Waals surface area contributed by atoms with Crippen molar-refractivity contribution in [2.45, 2.75) is 18.7 Å². The van der Waals surface area contributed by atoms with Crippen LogP contribution in [-0.2, 0) is 4.79 Å². The van der Waals surface area contributed by atoms with Gasteiger partial charge in [-0.1, -0.05) is 31.2 Å². The van der Waals surface area contributed by atoms with Crippen LogP contribution in [0.5, 0.6) is 0 Å². The maximum Gasteiger partial charge on any atom is 0.194 e. The second kappa shape index (κ2) is 8.64. The van der Waals surface area contributed by atoms with Crippen molar-refractivity contribution in [2.24, 2.45) is 5.92 Å². The van der Waals surface area contributed by atoms with Gasteiger partial charge >= 0.3 is 0 Å². The van der Waals surface area contributed by atoms with Crippen molar-refractivity contribution in [3.8, 4) is 0 Å². The van der Waals surface area contributed by atoms with Crippen LogP contribution in [0.25, 0.3) is 5.70 Å². The van der Waals surface area contributed by atoms with Gasteiger partial charge in [-0.25, -0.2) is 13.2 Å². The molecular formula is C19H17ClF3NOS. The molecule has 0 aromatic heterocycles. The summed E-state index contributed by atoms with van der Waals surface area (Å²) in [5.41, 5.74) is 1.06. The Morgan fingerprint density at radius 1 is 1.23 bits per heavy atom. The van der Waals surface area contributed by atoms with Gasteiger partial charge in [0.15, 0.2) is 17.5 Å². The lowest BCUT2D eigenvalue weighted by Crippen LogP contribution is -2.08. The van der Waals surface area contributed by atoms with Crippen LogP contribution in [-0.4, -0.2) is 11.5 Å². The van der Waals surface area contributed by atoms with Crippen LogP contribution in [0.2, 0.25) is 5.02 Å². The van der Waals surface area contributed by atoms with Crippen molar-refractivity contribution in [3.63, 3.8) is 0 Å². The number of hydrogen-bond acceptors (Lipinski definition) is 3. The van der Waals surface area contributed by atoms with E-state index in [-0.39, 0.29) is 17.4 Å². The van der Waals surface area contributed by atoms with Gasteiger partial charge in [-0.15, -0.1) is 11.8 Å². The second-order valence-electron chi connectivity index (χ2n) is 5.83. The highest BCUT2D eigenvalue weighted by Gasteiger charge is 2.13. The molecule has 0 aliphatic carbocycles. The van der Waals surface area contributed by atoms with E-state index < -0.39 is 17.5 Å². The molecule has 0 amide bonds. The number of thioether (sulfide) groups is 1. The minimum absolute atomic E-state index is 0.0424. The maximum absolute atomic E-state index is 13.3. The Morgan fingerprint density at radius 3 is 2.42 bits per heavy atom. The summed E-state index contributed by atoms with van der Waals surface area (Å²) in [6.45, 7) is 7.22. The summed E-state index contributed by atoms with van der Waals surface area (Å²) in [4.78, 5) is 12.1. The highest BCUT2D eigenvalue weighted by Crippen LogP contribution is 2.32. The van der Waals surface area contributed by atoms with Crippen LogP contribution < -0.4 is 5.32 Å². The third-order valence-electron chi connectivity index (χ3n) is 3.74. The van der Waals surface area contributed by atoms with Crippen molar-refractivity contribution in [1.29, 1.82) is 0 Å². The van der Waals surface area contributed by atoms with Gasteiger partial charge < -0.3 is 5.32 Å². The fourth-order valence-electron chi connectivity index (χ4n) is 2.01. The largest absolute Gasteiger partial charge is 0.355 e. The molecule has 0 saturated heterocycles. The van der Waals surface area contributed by atoms with Gasteiger partial charge in [-0.2, -0.15) is 0 Å². The fourth-order valence-corrected chi connectivity index (χ4v) is 3.37. The Morgan fingerprint density at radius 2 is 1.85 bits per heavy atom. The monoisotopic (exact) mass is 399 g/mol. The van der Waals surface area contributed by atoms with Crippen LogP contribution in [0, 0.1) is 23.4 Å². The summed E-state index contributed by atoms with van der Waals surface area (Å²) in [6.07, 6.45) is 0. The second-order valence-corrected chi connectivity index (χ2v) is 7.29. The maximum atomic E-state index is 13.3. The van der Waals surface area contributed by atoms with Crippen molar-refractivity contribution in [1.82, 2.24) is 0 Å². The predicted molar refractivity (Wildman–Crippen MR) is 101 cm³/mol. The Hall–Kier alpha value is -1.92. The molecule has 1 N–H and O–H groups in total. The van der Waals surface area contributed by atoms with Gasteiger partial charge in [0.1, 0.15) is 5.78 Å². The van der Waals surface area contributed by atoms with Crippen molar-refractivity contribution >= 4 is 40.5 Å². The highest BCUT2D eigenvalue weighted by molar-refractivity contribution is 7.99. The first-order valence-corrected chi connectivity index (χ1v) is 9.09. The van der Waals surface area contributed by atoms with E-state index in [0.29, 0.717) is 22.0 Å². The molecule has 0 spiro atoms. The average molecular weight is 400 g/mol. The number of carbonyl (C=O) groups is 1. The Bertz CT molecular complexity index is 834. The minimum atomic E-state index is -1.52. The number of hydrogen-bond donors (Lipinski definition) is 1. The van der Waals surface area contributed by atoms with Crippen LogP contribution in [0.4, 0.5) is 18.9 Å². The van der Waals surface area contributed by atoms with E-state index in [4.69, 9.17) is 11.6 Å². The fraction of sp³-hybridized carbons (Fsp3) is 0.211. The van der Waals surface area contributed by atoms with E-state index >= 15 is 0 Å². The molecule has 138 valence electrons. The molecule has 7 heteroatoms. The first-order chi connectivity index (χ1) is 12.2. The molecule has 0 fully saturated rings. The molecule has 2 aromatic rings. The lowest BCUT2D eigenvalue weighted by molar-refractivity contribution is -0.119. The van der Waals surface area contributed by atoms with Crippen LogP contribution in [0.3, 0.4) is 0 Å². The molecule has 0 radical (unpaired) electrons. The van der Waals surface area contributed by atoms with E-state index in [1.165, 1.54) is 18.7 Å². The molecular weight excluding hydrogens is 383 g/mol. The van der Waals surface area contributed by atoms with Gasteiger partial charge in [0.2, 0.25) is 0 Å². The van der Waals surface area contributed by atoms with Crippen LogP contribution >= 0.6 is 23.4 Å². The number of nitrogens with one attached hydrogen (secondary N) is 1. The SMILES string of the molecule is C=C(Nc1cc(F)c(F)c(F)c1)c1ccc(Cl)c(SCC(C)C(C)=O)c1. The van der Waals surface area contributed by atoms with Crippen molar-refractivity contribution in [3.05, 3.63) is 64.9 Å². The average Bonchev–Trinajstić information content (AvgIpc) is 2.58. The third kappa shape index (κ3) is 5.05. The zero-order valence-corrected chi connectivity index (χ0v) is 15.8. The third-order valence-corrected chi connectivity index (χ3v) is 5.50. The standard InChI is InChI=1S/C19H17ClF3NOS/c1-10(12(3)25)9-26-18-6-13(4-5-15(18)20)11(2)24-14-7-16(21)19(23)17(22)8-14/h4-8,10,24H,2,9H2,1,3H3. The molecule has 2 rings (SSSR count). The van der Waals surface area contributed by atoms with E-state index in [0.717, 1.165) is 17.0 Å². The summed E-state index contributed by atoms with van der Waals surface area (Å²) in [5, 5.41) is 3.28. The number of anilines is 1. The summed E-state index contributed by atoms with van der Waals surface area (Å²) < 4.78 is 39.7. The van der Waals surface area contributed by atoms with Crippen LogP contribution in [0.15, 0.2) is 41.8 Å². The number of ketones is 1. The smallest absolute Gasteiger partial charge is 0.194 e. The van der Waals surface area contributed by atoms with Gasteiger partial charge in [-0.3, -0.25) is 4.79 Å². The quantitative estimate of drug-likeness (QED) is 0.446. The predicted octanol–water partition coefficient (Wildman–Crippen LogP) is 6.16. The van der Waals surface area contributed by atoms with Gasteiger partial charge in [0.25, 0.3) is 0 Å². The number of Topliss-reactive ketones (excluding diaryl/α,β-unsaturated/α-hetero) is 1.